The summed E-state index contributed by atoms with van der Waals surface area (Å²) in [4.78, 5) is 4.53. The third-order valence-corrected chi connectivity index (χ3v) is 3.71. The number of aryl methyl sites for hydroxylation is 1. The molecule has 0 unspecified atom stereocenters. The fraction of sp³-hybridized carbons (Fsp3) is 0.357. The zero-order valence-electron chi connectivity index (χ0n) is 10.7. The number of ether oxygens (including phenoxy) is 1. The summed E-state index contributed by atoms with van der Waals surface area (Å²) < 4.78 is 5.57. The molecule has 0 aliphatic heterocycles. The maximum Gasteiger partial charge on any atom is 0.132 e. The molecule has 1 aromatic heterocycles. The van der Waals surface area contributed by atoms with Crippen molar-refractivity contribution in [2.24, 2.45) is 0 Å². The topological polar surface area (TPSA) is 22.1 Å². The summed E-state index contributed by atoms with van der Waals surface area (Å²) in [7, 11) is 1.73. The molecule has 17 heavy (non-hydrogen) atoms. The van der Waals surface area contributed by atoms with E-state index in [9.17, 15) is 0 Å². The zero-order chi connectivity index (χ0) is 12.4. The van der Waals surface area contributed by atoms with E-state index in [1.54, 1.807) is 18.4 Å². The molecular weight excluding hydrogens is 230 g/mol. The highest BCUT2D eigenvalue weighted by atomic mass is 32.1. The molecule has 0 amide bonds. The smallest absolute Gasteiger partial charge is 0.132 e. The minimum atomic E-state index is 0.450. The fourth-order valence-corrected chi connectivity index (χ4v) is 2.70. The van der Waals surface area contributed by atoms with E-state index < -0.39 is 0 Å². The van der Waals surface area contributed by atoms with Gasteiger partial charge in [0.2, 0.25) is 0 Å². The molecule has 0 saturated carbocycles. The maximum atomic E-state index is 5.57. The second-order valence-electron chi connectivity index (χ2n) is 4.38. The molecule has 2 aromatic rings. The molecule has 2 rings (SSSR count). The van der Waals surface area contributed by atoms with Gasteiger partial charge >= 0.3 is 0 Å². The Morgan fingerprint density at radius 3 is 2.59 bits per heavy atom. The molecule has 0 aliphatic rings. The molecule has 2 nitrogen and oxygen atoms in total. The number of aromatic nitrogens is 1. The van der Waals surface area contributed by atoms with Crippen LogP contribution in [0.15, 0.2) is 23.6 Å². The van der Waals surface area contributed by atoms with Gasteiger partial charge in [-0.15, -0.1) is 11.3 Å². The van der Waals surface area contributed by atoms with Crippen LogP contribution in [0.25, 0.3) is 10.6 Å². The molecule has 0 fully saturated rings. The molecule has 1 heterocycles. The van der Waals surface area contributed by atoms with Crippen LogP contribution in [0.3, 0.4) is 0 Å². The monoisotopic (exact) mass is 247 g/mol. The Bertz CT molecular complexity index is 517. The summed E-state index contributed by atoms with van der Waals surface area (Å²) in [5.74, 6) is 1.41. The van der Waals surface area contributed by atoms with Gasteiger partial charge in [0.05, 0.1) is 12.7 Å². The molecule has 0 spiro atoms. The van der Waals surface area contributed by atoms with Gasteiger partial charge in [0, 0.05) is 11.1 Å². The van der Waals surface area contributed by atoms with Crippen LogP contribution in [0.2, 0.25) is 0 Å². The summed E-state index contributed by atoms with van der Waals surface area (Å²) in [5.41, 5.74) is 3.39. The third-order valence-electron chi connectivity index (χ3n) is 2.72. The summed E-state index contributed by atoms with van der Waals surface area (Å²) in [6, 6.07) is 6.26. The summed E-state index contributed by atoms with van der Waals surface area (Å²) in [5, 5.41) is 3.10. The van der Waals surface area contributed by atoms with Gasteiger partial charge in [-0.25, -0.2) is 4.98 Å². The number of para-hydroxylation sites is 1. The summed E-state index contributed by atoms with van der Waals surface area (Å²) in [6.45, 7) is 6.36. The zero-order valence-corrected chi connectivity index (χ0v) is 11.5. The van der Waals surface area contributed by atoms with Gasteiger partial charge in [-0.2, -0.15) is 0 Å². The first-order chi connectivity index (χ1) is 8.13. The van der Waals surface area contributed by atoms with Crippen molar-refractivity contribution in [1.82, 2.24) is 4.98 Å². The lowest BCUT2D eigenvalue weighted by molar-refractivity contribution is 0.409. The van der Waals surface area contributed by atoms with Gasteiger partial charge in [-0.1, -0.05) is 26.0 Å². The first-order valence-electron chi connectivity index (χ1n) is 5.73. The van der Waals surface area contributed by atoms with Crippen LogP contribution in [0.1, 0.15) is 31.0 Å². The van der Waals surface area contributed by atoms with Gasteiger partial charge in [0.1, 0.15) is 10.8 Å². The van der Waals surface area contributed by atoms with Crippen LogP contribution in [-0.4, -0.2) is 12.1 Å². The average molecular weight is 247 g/mol. The Kier molecular flexibility index (Phi) is 3.48. The van der Waals surface area contributed by atoms with E-state index in [2.05, 4.69) is 42.4 Å². The standard InChI is InChI=1S/C14H17NOS/c1-9(2)11-6-5-7-12(13(11)16-4)14-15-10(3)8-17-14/h5-9H,1-4H3. The highest BCUT2D eigenvalue weighted by Crippen LogP contribution is 2.37. The van der Waals surface area contributed by atoms with Crippen LogP contribution >= 0.6 is 11.3 Å². The van der Waals surface area contributed by atoms with Crippen LogP contribution in [-0.2, 0) is 0 Å². The Morgan fingerprint density at radius 1 is 1.29 bits per heavy atom. The number of benzene rings is 1. The van der Waals surface area contributed by atoms with E-state index in [4.69, 9.17) is 4.74 Å². The number of rotatable bonds is 3. The summed E-state index contributed by atoms with van der Waals surface area (Å²) >= 11 is 1.66. The van der Waals surface area contributed by atoms with Crippen molar-refractivity contribution in [2.45, 2.75) is 26.7 Å². The van der Waals surface area contributed by atoms with Crippen LogP contribution in [0.4, 0.5) is 0 Å². The predicted molar refractivity (Wildman–Crippen MR) is 72.9 cm³/mol. The Morgan fingerprint density at radius 2 is 2.06 bits per heavy atom. The average Bonchev–Trinajstić information content (AvgIpc) is 2.74. The largest absolute Gasteiger partial charge is 0.496 e. The van der Waals surface area contributed by atoms with E-state index in [0.717, 1.165) is 22.0 Å². The lowest BCUT2D eigenvalue weighted by atomic mass is 9.99. The highest BCUT2D eigenvalue weighted by molar-refractivity contribution is 7.13. The first kappa shape index (κ1) is 12.1. The molecule has 3 heteroatoms. The van der Waals surface area contributed by atoms with Crippen LogP contribution in [0, 0.1) is 6.92 Å². The first-order valence-corrected chi connectivity index (χ1v) is 6.61. The Labute approximate surface area is 106 Å². The fourth-order valence-electron chi connectivity index (χ4n) is 1.88. The van der Waals surface area contributed by atoms with Crippen molar-refractivity contribution in [3.05, 3.63) is 34.8 Å². The molecule has 0 aliphatic carbocycles. The van der Waals surface area contributed by atoms with Crippen molar-refractivity contribution >= 4 is 11.3 Å². The van der Waals surface area contributed by atoms with E-state index in [1.165, 1.54) is 5.56 Å². The molecular formula is C14H17NOS. The Balaban J connectivity index is 2.58. The molecule has 90 valence electrons. The predicted octanol–water partition coefficient (Wildman–Crippen LogP) is 4.25. The lowest BCUT2D eigenvalue weighted by Crippen LogP contribution is -1.96. The molecule has 0 saturated heterocycles. The van der Waals surface area contributed by atoms with Crippen molar-refractivity contribution < 1.29 is 4.74 Å². The van der Waals surface area contributed by atoms with Crippen LogP contribution in [0.5, 0.6) is 5.75 Å². The quantitative estimate of drug-likeness (QED) is 0.809. The van der Waals surface area contributed by atoms with E-state index in [1.807, 2.05) is 6.92 Å². The molecule has 0 bridgehead atoms. The number of nitrogens with zero attached hydrogens (tertiary/aromatic N) is 1. The van der Waals surface area contributed by atoms with Gasteiger partial charge in [0.25, 0.3) is 0 Å². The van der Waals surface area contributed by atoms with Gasteiger partial charge in [-0.3, -0.25) is 0 Å². The highest BCUT2D eigenvalue weighted by Gasteiger charge is 2.14. The molecule has 1 aromatic carbocycles. The number of hydrogen-bond donors (Lipinski definition) is 0. The maximum absolute atomic E-state index is 5.57. The second-order valence-corrected chi connectivity index (χ2v) is 5.23. The SMILES string of the molecule is COc1c(-c2nc(C)cs2)cccc1C(C)C. The minimum absolute atomic E-state index is 0.450. The number of thiazole rings is 1. The van der Waals surface area contributed by atoms with Crippen molar-refractivity contribution in [2.75, 3.05) is 7.11 Å². The number of hydrogen-bond acceptors (Lipinski definition) is 3. The molecule has 0 N–H and O–H groups in total. The van der Waals surface area contributed by atoms with Crippen molar-refractivity contribution in [1.29, 1.82) is 0 Å². The van der Waals surface area contributed by atoms with E-state index in [0.29, 0.717) is 5.92 Å². The minimum Gasteiger partial charge on any atom is -0.496 e. The normalized spacial score (nSPS) is 10.9. The lowest BCUT2D eigenvalue weighted by Gasteiger charge is -2.14. The van der Waals surface area contributed by atoms with Gasteiger partial charge < -0.3 is 4.74 Å². The second kappa shape index (κ2) is 4.88. The number of methoxy groups -OCH3 is 1. The van der Waals surface area contributed by atoms with Gasteiger partial charge in [-0.05, 0) is 24.5 Å². The third kappa shape index (κ3) is 2.34. The molecule has 0 atom stereocenters. The van der Waals surface area contributed by atoms with E-state index in [-0.39, 0.29) is 0 Å². The van der Waals surface area contributed by atoms with Gasteiger partial charge in [0.15, 0.2) is 0 Å². The molecule has 0 radical (unpaired) electrons. The van der Waals surface area contributed by atoms with Crippen molar-refractivity contribution in [3.63, 3.8) is 0 Å². The van der Waals surface area contributed by atoms with E-state index >= 15 is 0 Å². The summed E-state index contributed by atoms with van der Waals surface area (Å²) in [6.07, 6.45) is 0. The Hall–Kier alpha value is -1.35. The van der Waals surface area contributed by atoms with Crippen molar-refractivity contribution in [3.8, 4) is 16.3 Å². The van der Waals surface area contributed by atoms with Crippen LogP contribution < -0.4 is 4.74 Å².